The molecule has 0 atom stereocenters. The minimum atomic E-state index is -0.840. The first-order valence-electron chi connectivity index (χ1n) is 7.13. The highest BCUT2D eigenvalue weighted by Crippen LogP contribution is 2.42. The van der Waals surface area contributed by atoms with Gasteiger partial charge in [0.2, 0.25) is 0 Å². The topological polar surface area (TPSA) is 43.4 Å². The lowest BCUT2D eigenvalue weighted by atomic mass is 9.67. The van der Waals surface area contributed by atoms with Crippen molar-refractivity contribution >= 4 is 11.8 Å². The molecule has 0 heterocycles. The summed E-state index contributed by atoms with van der Waals surface area (Å²) in [6.45, 7) is 8.36. The van der Waals surface area contributed by atoms with Crippen LogP contribution >= 0.6 is 0 Å². The molecule has 1 aliphatic rings. The lowest BCUT2D eigenvalue weighted by Gasteiger charge is -2.36. The number of Topliss-reactive ketones (excluding diaryl/α,β-unsaturated/α-hetero) is 1. The molecule has 0 aromatic heterocycles. The van der Waals surface area contributed by atoms with Gasteiger partial charge in [-0.3, -0.25) is 9.59 Å². The Morgan fingerprint density at radius 1 is 1.28 bits per heavy atom. The number of rotatable bonds is 5. The Labute approximate surface area is 110 Å². The zero-order valence-electron chi connectivity index (χ0n) is 12.1. The van der Waals surface area contributed by atoms with Crippen molar-refractivity contribution in [2.75, 3.05) is 6.61 Å². The van der Waals surface area contributed by atoms with Gasteiger partial charge in [-0.05, 0) is 44.4 Å². The van der Waals surface area contributed by atoms with Crippen LogP contribution in [0.4, 0.5) is 0 Å². The summed E-state index contributed by atoms with van der Waals surface area (Å²) in [4.78, 5) is 24.7. The largest absolute Gasteiger partial charge is 0.465 e. The molecule has 0 saturated heterocycles. The van der Waals surface area contributed by atoms with Gasteiger partial charge in [-0.15, -0.1) is 0 Å². The number of carbonyl (C=O) groups excluding carboxylic acids is 2. The summed E-state index contributed by atoms with van der Waals surface area (Å²) in [5, 5.41) is 0. The van der Waals surface area contributed by atoms with Crippen molar-refractivity contribution in [1.29, 1.82) is 0 Å². The van der Waals surface area contributed by atoms with Crippen LogP contribution in [0.5, 0.6) is 0 Å². The van der Waals surface area contributed by atoms with E-state index in [0.717, 1.165) is 12.8 Å². The molecule has 1 aliphatic carbocycles. The Kier molecular flexibility index (Phi) is 5.36. The lowest BCUT2D eigenvalue weighted by Crippen LogP contribution is -2.44. The van der Waals surface area contributed by atoms with E-state index >= 15 is 0 Å². The van der Waals surface area contributed by atoms with E-state index in [0.29, 0.717) is 37.7 Å². The van der Waals surface area contributed by atoms with Crippen molar-refractivity contribution in [1.82, 2.24) is 0 Å². The van der Waals surface area contributed by atoms with Crippen molar-refractivity contribution in [3.8, 4) is 0 Å². The molecule has 1 saturated carbocycles. The third kappa shape index (κ3) is 3.33. The molecule has 0 aromatic rings. The van der Waals surface area contributed by atoms with Crippen LogP contribution < -0.4 is 0 Å². The van der Waals surface area contributed by atoms with Gasteiger partial charge in [0.15, 0.2) is 0 Å². The average Bonchev–Trinajstić information content (AvgIpc) is 2.29. The van der Waals surface area contributed by atoms with Gasteiger partial charge in [0, 0.05) is 6.42 Å². The SMILES string of the molecule is CCOC(=O)C1(C(=O)CC(C)C)CCC(C)CC1. The highest BCUT2D eigenvalue weighted by molar-refractivity contribution is 6.04. The third-order valence-corrected chi connectivity index (χ3v) is 3.92. The Balaban J connectivity index is 2.87. The molecule has 1 fully saturated rings. The maximum atomic E-state index is 12.5. The second-order valence-electron chi connectivity index (χ2n) is 6.01. The molecular weight excluding hydrogens is 228 g/mol. The fourth-order valence-corrected chi connectivity index (χ4v) is 2.69. The molecule has 0 aliphatic heterocycles. The van der Waals surface area contributed by atoms with Gasteiger partial charge in [0.05, 0.1) is 6.61 Å². The maximum Gasteiger partial charge on any atom is 0.319 e. The van der Waals surface area contributed by atoms with Crippen molar-refractivity contribution in [3.63, 3.8) is 0 Å². The first-order chi connectivity index (χ1) is 8.42. The van der Waals surface area contributed by atoms with E-state index in [1.165, 1.54) is 0 Å². The number of hydrogen-bond acceptors (Lipinski definition) is 3. The Hall–Kier alpha value is -0.860. The van der Waals surface area contributed by atoms with E-state index in [2.05, 4.69) is 6.92 Å². The van der Waals surface area contributed by atoms with Gasteiger partial charge in [-0.25, -0.2) is 0 Å². The van der Waals surface area contributed by atoms with Crippen LogP contribution in [0, 0.1) is 17.3 Å². The van der Waals surface area contributed by atoms with E-state index in [1.54, 1.807) is 6.92 Å². The molecule has 1 rings (SSSR count). The Bertz CT molecular complexity index is 299. The summed E-state index contributed by atoms with van der Waals surface area (Å²) >= 11 is 0. The zero-order valence-corrected chi connectivity index (χ0v) is 12.1. The van der Waals surface area contributed by atoms with Crippen molar-refractivity contribution in [3.05, 3.63) is 0 Å². The molecular formula is C15H26O3. The van der Waals surface area contributed by atoms with Crippen LogP contribution in [-0.4, -0.2) is 18.4 Å². The predicted octanol–water partition coefficient (Wildman–Crippen LogP) is 3.36. The molecule has 0 unspecified atom stereocenters. The van der Waals surface area contributed by atoms with E-state index in [1.807, 2.05) is 13.8 Å². The summed E-state index contributed by atoms with van der Waals surface area (Å²) in [7, 11) is 0. The smallest absolute Gasteiger partial charge is 0.319 e. The minimum Gasteiger partial charge on any atom is -0.465 e. The minimum absolute atomic E-state index is 0.0860. The summed E-state index contributed by atoms with van der Waals surface area (Å²) in [5.74, 6) is 0.702. The number of ether oxygens (including phenoxy) is 1. The number of hydrogen-bond donors (Lipinski definition) is 0. The first kappa shape index (κ1) is 15.2. The van der Waals surface area contributed by atoms with E-state index in [-0.39, 0.29) is 11.8 Å². The normalized spacial score (nSPS) is 28.2. The quantitative estimate of drug-likeness (QED) is 0.558. The molecule has 0 radical (unpaired) electrons. The summed E-state index contributed by atoms with van der Waals surface area (Å²) in [5.41, 5.74) is -0.840. The second-order valence-corrected chi connectivity index (χ2v) is 6.01. The van der Waals surface area contributed by atoms with Gasteiger partial charge in [-0.2, -0.15) is 0 Å². The van der Waals surface area contributed by atoms with Gasteiger partial charge in [0.25, 0.3) is 0 Å². The molecule has 0 N–H and O–H groups in total. The van der Waals surface area contributed by atoms with Gasteiger partial charge < -0.3 is 4.74 Å². The monoisotopic (exact) mass is 254 g/mol. The first-order valence-corrected chi connectivity index (χ1v) is 7.13. The standard InChI is InChI=1S/C15H26O3/c1-5-18-14(17)15(13(16)10-11(2)3)8-6-12(4)7-9-15/h11-12H,5-10H2,1-4H3. The van der Waals surface area contributed by atoms with E-state index in [9.17, 15) is 9.59 Å². The van der Waals surface area contributed by atoms with Crippen LogP contribution in [0.25, 0.3) is 0 Å². The molecule has 0 spiro atoms. The molecule has 0 amide bonds. The summed E-state index contributed by atoms with van der Waals surface area (Å²) < 4.78 is 5.16. The number of carbonyl (C=O) groups is 2. The van der Waals surface area contributed by atoms with Crippen LogP contribution in [0.2, 0.25) is 0 Å². The van der Waals surface area contributed by atoms with Crippen LogP contribution in [-0.2, 0) is 14.3 Å². The van der Waals surface area contributed by atoms with Gasteiger partial charge in [-0.1, -0.05) is 20.8 Å². The van der Waals surface area contributed by atoms with E-state index in [4.69, 9.17) is 4.74 Å². The fraction of sp³-hybridized carbons (Fsp3) is 0.867. The molecule has 0 aromatic carbocycles. The van der Waals surface area contributed by atoms with Crippen molar-refractivity contribution in [2.24, 2.45) is 17.3 Å². The van der Waals surface area contributed by atoms with Crippen LogP contribution in [0.3, 0.4) is 0 Å². The van der Waals surface area contributed by atoms with Gasteiger partial charge in [0.1, 0.15) is 11.2 Å². The maximum absolute atomic E-state index is 12.5. The second kappa shape index (κ2) is 6.35. The van der Waals surface area contributed by atoms with E-state index < -0.39 is 5.41 Å². The van der Waals surface area contributed by atoms with Crippen molar-refractivity contribution in [2.45, 2.75) is 59.8 Å². The number of esters is 1. The number of ketones is 1. The third-order valence-electron chi connectivity index (χ3n) is 3.92. The predicted molar refractivity (Wildman–Crippen MR) is 71.2 cm³/mol. The Morgan fingerprint density at radius 2 is 1.83 bits per heavy atom. The van der Waals surface area contributed by atoms with Gasteiger partial charge >= 0.3 is 5.97 Å². The fourth-order valence-electron chi connectivity index (χ4n) is 2.69. The molecule has 0 bridgehead atoms. The highest BCUT2D eigenvalue weighted by atomic mass is 16.5. The van der Waals surface area contributed by atoms with Crippen LogP contribution in [0.1, 0.15) is 59.8 Å². The van der Waals surface area contributed by atoms with Crippen LogP contribution in [0.15, 0.2) is 0 Å². The molecule has 104 valence electrons. The Morgan fingerprint density at radius 3 is 2.28 bits per heavy atom. The zero-order chi connectivity index (χ0) is 13.8. The summed E-state index contributed by atoms with van der Waals surface area (Å²) in [6, 6.07) is 0. The molecule has 3 heteroatoms. The lowest BCUT2D eigenvalue weighted by molar-refractivity contribution is -0.163. The molecule has 18 heavy (non-hydrogen) atoms. The summed E-state index contributed by atoms with van der Waals surface area (Å²) in [6.07, 6.45) is 3.70. The molecule has 3 nitrogen and oxygen atoms in total. The highest BCUT2D eigenvalue weighted by Gasteiger charge is 2.48. The van der Waals surface area contributed by atoms with Crippen molar-refractivity contribution < 1.29 is 14.3 Å². The average molecular weight is 254 g/mol.